The van der Waals surface area contributed by atoms with Gasteiger partial charge in [-0.1, -0.05) is 61.5 Å². The maximum Gasteiger partial charge on any atom is 0.361 e. The van der Waals surface area contributed by atoms with Gasteiger partial charge in [-0.05, 0) is 24.5 Å². The van der Waals surface area contributed by atoms with Crippen LogP contribution in [0, 0.1) is 0 Å². The van der Waals surface area contributed by atoms with Crippen molar-refractivity contribution >= 4 is 21.9 Å². The number of hydrogen-bond donors (Lipinski definition) is 0. The van der Waals surface area contributed by atoms with E-state index in [0.717, 1.165) is 4.31 Å². The highest BCUT2D eigenvalue weighted by Gasteiger charge is 2.43. The Balaban J connectivity index is 1.81. The fraction of sp³-hybridized carbons (Fsp3) is 0.273. The topological polar surface area (TPSA) is 111 Å². The predicted molar refractivity (Wildman–Crippen MR) is 115 cm³/mol. The average Bonchev–Trinajstić information content (AvgIpc) is 3.28. The minimum Gasteiger partial charge on any atom is -0.461 e. The molecule has 2 aromatic carbocycles. The molecule has 9 nitrogen and oxygen atoms in total. The van der Waals surface area contributed by atoms with Crippen molar-refractivity contribution in [1.82, 2.24) is 19.3 Å². The number of sulfonamides is 1. The molecule has 1 aromatic heterocycles. The Morgan fingerprint density at radius 3 is 2.47 bits per heavy atom. The molecular formula is C22H22N4O5S. The molecule has 3 aromatic rings. The summed E-state index contributed by atoms with van der Waals surface area (Å²) in [5.74, 6) is -1.35. The molecule has 0 atom stereocenters. The summed E-state index contributed by atoms with van der Waals surface area (Å²) in [6, 6.07) is 13.6. The first-order chi connectivity index (χ1) is 15.3. The molecular weight excluding hydrogens is 432 g/mol. The Labute approximate surface area is 185 Å². The number of esters is 1. The number of carbonyl (C=O) groups excluding carboxylic acids is 2. The Morgan fingerprint density at radius 1 is 1.09 bits per heavy atom. The summed E-state index contributed by atoms with van der Waals surface area (Å²) in [5.41, 5.74) is 1.64. The Bertz CT molecular complexity index is 1300. The molecule has 0 aliphatic carbocycles. The van der Waals surface area contributed by atoms with Crippen LogP contribution in [-0.4, -0.2) is 46.2 Å². The molecule has 0 unspecified atom stereocenters. The largest absolute Gasteiger partial charge is 0.461 e. The molecule has 1 aliphatic rings. The number of fused-ring (bicyclic) bond motifs is 1. The van der Waals surface area contributed by atoms with Gasteiger partial charge in [-0.3, -0.25) is 4.79 Å². The van der Waals surface area contributed by atoms with Crippen molar-refractivity contribution in [2.45, 2.75) is 38.3 Å². The Kier molecular flexibility index (Phi) is 5.55. The van der Waals surface area contributed by atoms with E-state index in [1.165, 1.54) is 10.7 Å². The Hall–Kier alpha value is -3.53. The van der Waals surface area contributed by atoms with E-state index in [9.17, 15) is 18.0 Å². The standard InChI is InChI=1S/C22H22N4O5S/c1-4-31-22(28)19-20(15-9-6-5-7-10-15)25(24-23-19)13-26-21(27)18-16(14(2)3)11-8-12-17(18)32(26,29)30/h5-12,14H,4,13H2,1-3H3. The van der Waals surface area contributed by atoms with Gasteiger partial charge >= 0.3 is 5.97 Å². The van der Waals surface area contributed by atoms with Gasteiger partial charge in [0.15, 0.2) is 5.69 Å². The first-order valence-electron chi connectivity index (χ1n) is 10.1. The van der Waals surface area contributed by atoms with Crippen molar-refractivity contribution in [3.63, 3.8) is 0 Å². The summed E-state index contributed by atoms with van der Waals surface area (Å²) in [4.78, 5) is 25.6. The van der Waals surface area contributed by atoms with Gasteiger partial charge in [-0.25, -0.2) is 22.2 Å². The summed E-state index contributed by atoms with van der Waals surface area (Å²) in [5, 5.41) is 7.91. The molecule has 1 amide bonds. The van der Waals surface area contributed by atoms with E-state index in [1.807, 2.05) is 13.8 Å². The van der Waals surface area contributed by atoms with E-state index >= 15 is 0 Å². The van der Waals surface area contributed by atoms with E-state index in [1.54, 1.807) is 49.4 Å². The highest BCUT2D eigenvalue weighted by molar-refractivity contribution is 7.90. The SMILES string of the molecule is CCOC(=O)c1nnn(CN2C(=O)c3c(C(C)C)cccc3S2(=O)=O)c1-c1ccccc1. The lowest BCUT2D eigenvalue weighted by atomic mass is 9.97. The van der Waals surface area contributed by atoms with Crippen molar-refractivity contribution < 1.29 is 22.7 Å². The van der Waals surface area contributed by atoms with Gasteiger partial charge in [0.2, 0.25) is 0 Å². The van der Waals surface area contributed by atoms with Gasteiger partial charge in [-0.2, -0.15) is 0 Å². The average molecular weight is 455 g/mol. The zero-order valence-corrected chi connectivity index (χ0v) is 18.7. The molecule has 4 rings (SSSR count). The van der Waals surface area contributed by atoms with Gasteiger partial charge in [0.25, 0.3) is 15.9 Å². The lowest BCUT2D eigenvalue weighted by Gasteiger charge is -2.17. The van der Waals surface area contributed by atoms with E-state index in [0.29, 0.717) is 11.1 Å². The highest BCUT2D eigenvalue weighted by Crippen LogP contribution is 2.36. The van der Waals surface area contributed by atoms with Crippen LogP contribution >= 0.6 is 0 Å². The number of ether oxygens (including phenoxy) is 1. The lowest BCUT2D eigenvalue weighted by Crippen LogP contribution is -2.33. The molecule has 0 saturated carbocycles. The van der Waals surface area contributed by atoms with E-state index in [-0.39, 0.29) is 34.4 Å². The van der Waals surface area contributed by atoms with Crippen molar-refractivity contribution in [2.24, 2.45) is 0 Å². The molecule has 0 radical (unpaired) electrons. The summed E-state index contributed by atoms with van der Waals surface area (Å²) in [7, 11) is -4.09. The summed E-state index contributed by atoms with van der Waals surface area (Å²) in [6.45, 7) is 5.18. The lowest BCUT2D eigenvalue weighted by molar-refractivity contribution is 0.0520. The third-order valence-corrected chi connectivity index (χ3v) is 6.96. The number of rotatable bonds is 6. The van der Waals surface area contributed by atoms with Crippen LogP contribution in [0.3, 0.4) is 0 Å². The van der Waals surface area contributed by atoms with Crippen molar-refractivity contribution in [1.29, 1.82) is 0 Å². The predicted octanol–water partition coefficient (Wildman–Crippen LogP) is 3.05. The van der Waals surface area contributed by atoms with Gasteiger partial charge in [0.05, 0.1) is 12.2 Å². The fourth-order valence-corrected chi connectivity index (χ4v) is 5.24. The zero-order valence-electron chi connectivity index (χ0n) is 17.8. The second kappa shape index (κ2) is 8.19. The number of benzene rings is 2. The molecule has 0 spiro atoms. The number of nitrogens with zero attached hydrogens (tertiary/aromatic N) is 4. The molecule has 0 saturated heterocycles. The van der Waals surface area contributed by atoms with E-state index in [2.05, 4.69) is 10.3 Å². The fourth-order valence-electron chi connectivity index (χ4n) is 3.72. The van der Waals surface area contributed by atoms with Crippen LogP contribution in [0.4, 0.5) is 0 Å². The van der Waals surface area contributed by atoms with Crippen LogP contribution in [0.25, 0.3) is 11.3 Å². The second-order valence-electron chi connectivity index (χ2n) is 7.55. The van der Waals surface area contributed by atoms with Crippen LogP contribution in [0.15, 0.2) is 53.4 Å². The minimum atomic E-state index is -4.09. The van der Waals surface area contributed by atoms with Crippen LogP contribution in [-0.2, 0) is 21.4 Å². The molecule has 0 N–H and O–H groups in total. The molecule has 0 fully saturated rings. The quantitative estimate of drug-likeness (QED) is 0.526. The Morgan fingerprint density at radius 2 is 1.81 bits per heavy atom. The van der Waals surface area contributed by atoms with E-state index < -0.39 is 28.6 Å². The number of amides is 1. The van der Waals surface area contributed by atoms with Gasteiger partial charge in [-0.15, -0.1) is 5.10 Å². The van der Waals surface area contributed by atoms with Crippen LogP contribution in [0.1, 0.15) is 53.1 Å². The molecule has 2 heterocycles. The molecule has 166 valence electrons. The van der Waals surface area contributed by atoms with Gasteiger partial charge in [0.1, 0.15) is 17.3 Å². The number of hydrogen-bond acceptors (Lipinski definition) is 7. The monoisotopic (exact) mass is 454 g/mol. The summed E-state index contributed by atoms with van der Waals surface area (Å²) < 4.78 is 33.5. The van der Waals surface area contributed by atoms with Crippen LogP contribution in [0.5, 0.6) is 0 Å². The van der Waals surface area contributed by atoms with Crippen molar-refractivity contribution in [3.05, 3.63) is 65.4 Å². The third kappa shape index (κ3) is 3.46. The first kappa shape index (κ1) is 21.7. The molecule has 1 aliphatic heterocycles. The third-order valence-electron chi connectivity index (χ3n) is 5.20. The number of aromatic nitrogens is 3. The number of carbonyl (C=O) groups is 2. The highest BCUT2D eigenvalue weighted by atomic mass is 32.2. The van der Waals surface area contributed by atoms with E-state index in [4.69, 9.17) is 4.74 Å². The maximum atomic E-state index is 13.2. The van der Waals surface area contributed by atoms with Crippen LogP contribution in [0.2, 0.25) is 0 Å². The van der Waals surface area contributed by atoms with Gasteiger partial charge in [0, 0.05) is 5.56 Å². The van der Waals surface area contributed by atoms with Crippen molar-refractivity contribution in [3.8, 4) is 11.3 Å². The smallest absolute Gasteiger partial charge is 0.361 e. The van der Waals surface area contributed by atoms with Gasteiger partial charge < -0.3 is 4.74 Å². The molecule has 0 bridgehead atoms. The van der Waals surface area contributed by atoms with Crippen molar-refractivity contribution in [2.75, 3.05) is 6.61 Å². The zero-order chi connectivity index (χ0) is 23.0. The summed E-state index contributed by atoms with van der Waals surface area (Å²) in [6.07, 6.45) is 0. The van der Waals surface area contributed by atoms with Crippen LogP contribution < -0.4 is 0 Å². The minimum absolute atomic E-state index is 0.0271. The maximum absolute atomic E-state index is 13.2. The second-order valence-corrected chi connectivity index (χ2v) is 9.38. The first-order valence-corrected chi connectivity index (χ1v) is 11.6. The normalized spacial score (nSPS) is 14.6. The molecule has 10 heteroatoms. The molecule has 32 heavy (non-hydrogen) atoms. The summed E-state index contributed by atoms with van der Waals surface area (Å²) >= 11 is 0.